The molecule has 0 aromatic heterocycles. The van der Waals surface area contributed by atoms with Crippen LogP contribution in [0.1, 0.15) is 82.0 Å². The lowest BCUT2D eigenvalue weighted by molar-refractivity contribution is 0.552. The zero-order chi connectivity index (χ0) is 42.5. The molecule has 2 nitrogen and oxygen atoms in total. The van der Waals surface area contributed by atoms with Gasteiger partial charge in [-0.2, -0.15) is 0 Å². The van der Waals surface area contributed by atoms with Crippen molar-refractivity contribution in [2.45, 2.75) is 37.0 Å². The van der Waals surface area contributed by atoms with E-state index >= 15 is 0 Å². The maximum Gasteiger partial charge on any atom is 0.125 e. The van der Waals surface area contributed by atoms with Gasteiger partial charge in [0.2, 0.25) is 0 Å². The Morgan fingerprint density at radius 3 is 1.77 bits per heavy atom. The first-order valence-corrected chi connectivity index (χ1v) is 21.7. The van der Waals surface area contributed by atoms with E-state index in [9.17, 15) is 5.41 Å². The predicted octanol–water partition coefficient (Wildman–Crippen LogP) is 13.9. The highest BCUT2D eigenvalue weighted by Gasteiger charge is 2.54. The fraction of sp³-hybridized carbons (Fsp3) is 0.117. The van der Waals surface area contributed by atoms with E-state index in [0.717, 1.165) is 33.4 Å². The first-order chi connectivity index (χ1) is 30.3. The van der Waals surface area contributed by atoms with Gasteiger partial charge < -0.3 is 5.32 Å². The second kappa shape index (κ2) is 15.3. The van der Waals surface area contributed by atoms with Crippen molar-refractivity contribution in [2.75, 3.05) is 6.54 Å². The highest BCUT2D eigenvalue weighted by atomic mass is 14.9. The second-order valence-electron chi connectivity index (χ2n) is 17.5. The summed E-state index contributed by atoms with van der Waals surface area (Å²) < 4.78 is 0. The van der Waals surface area contributed by atoms with Crippen molar-refractivity contribution >= 4 is 11.4 Å². The zero-order valence-electron chi connectivity index (χ0n) is 35.6. The lowest BCUT2D eigenvalue weighted by Crippen LogP contribution is -2.41. The topological polar surface area (TPSA) is 35.9 Å². The number of amidine groups is 1. The van der Waals surface area contributed by atoms with E-state index in [2.05, 4.69) is 209 Å². The summed E-state index contributed by atoms with van der Waals surface area (Å²) in [5, 5.41) is 12.8. The molecule has 62 heavy (non-hydrogen) atoms. The predicted molar refractivity (Wildman–Crippen MR) is 259 cm³/mol. The Morgan fingerprint density at radius 1 is 0.565 bits per heavy atom. The standard InChI is InChI=1S/C60H50N2/c1-5-22-45(41-23-8-6-9-24-41)47-29-12-14-33-50(47)59(4,40-62-57(61)42-25-10-7-11-26-42)44-28-20-27-43(39-44)46-31-21-32-49-48-30-13-15-34-51(48)60(56(46)49)54-37-18-16-35-52(54)58(2,3)53-36-17-19-38-55(53)60/h5-39H,1,40H2,2-4H3,(H2,61,62)/b45-22-. The van der Waals surface area contributed by atoms with Gasteiger partial charge in [-0.25, -0.2) is 0 Å². The molecule has 8 aromatic carbocycles. The molecule has 10 rings (SSSR count). The minimum atomic E-state index is -0.588. The van der Waals surface area contributed by atoms with Crippen LogP contribution in [0.15, 0.2) is 219 Å². The average Bonchev–Trinajstić information content (AvgIpc) is 3.63. The Kier molecular flexibility index (Phi) is 9.60. The lowest BCUT2D eigenvalue weighted by atomic mass is 9.55. The average molecular weight is 799 g/mol. The monoisotopic (exact) mass is 798 g/mol. The molecule has 0 saturated carbocycles. The molecule has 0 bridgehead atoms. The van der Waals surface area contributed by atoms with Gasteiger partial charge in [-0.3, -0.25) is 5.41 Å². The van der Waals surface area contributed by atoms with Crippen LogP contribution in [-0.2, 0) is 16.2 Å². The van der Waals surface area contributed by atoms with E-state index in [-0.39, 0.29) is 5.41 Å². The van der Waals surface area contributed by atoms with E-state index in [1.54, 1.807) is 0 Å². The summed E-state index contributed by atoms with van der Waals surface area (Å²) in [5.41, 5.74) is 18.3. The third kappa shape index (κ3) is 5.97. The van der Waals surface area contributed by atoms with Gasteiger partial charge in [0.05, 0.1) is 5.41 Å². The number of rotatable bonds is 9. The van der Waals surface area contributed by atoms with Crippen molar-refractivity contribution in [3.63, 3.8) is 0 Å². The van der Waals surface area contributed by atoms with Gasteiger partial charge in [-0.15, -0.1) is 0 Å². The number of hydrogen-bond acceptors (Lipinski definition) is 1. The molecule has 0 amide bonds. The molecular formula is C60H50N2. The summed E-state index contributed by atoms with van der Waals surface area (Å²) >= 11 is 0. The molecule has 300 valence electrons. The SMILES string of the molecule is C=C/C=C(/c1ccccc1)c1ccccc1C(C)(CNC(=N)c1ccccc1)c1cccc(-c2cccc3c2C2(c4ccccc4-3)c3ccccc3C(C)(C)c3ccccc32)c1. The molecule has 1 atom stereocenters. The molecule has 2 aliphatic carbocycles. The second-order valence-corrected chi connectivity index (χ2v) is 17.5. The van der Waals surface area contributed by atoms with Crippen LogP contribution in [0.5, 0.6) is 0 Å². The minimum Gasteiger partial charge on any atom is -0.369 e. The van der Waals surface area contributed by atoms with E-state index in [4.69, 9.17) is 0 Å². The summed E-state index contributed by atoms with van der Waals surface area (Å²) in [7, 11) is 0. The van der Waals surface area contributed by atoms with Crippen molar-refractivity contribution < 1.29 is 0 Å². The van der Waals surface area contributed by atoms with Crippen molar-refractivity contribution in [1.82, 2.24) is 5.32 Å². The Hall–Kier alpha value is -7.29. The Labute approximate surface area is 366 Å². The highest BCUT2D eigenvalue weighted by Crippen LogP contribution is 2.63. The van der Waals surface area contributed by atoms with Crippen molar-refractivity contribution in [3.8, 4) is 22.3 Å². The molecule has 2 aliphatic rings. The lowest BCUT2D eigenvalue weighted by Gasteiger charge is -2.47. The number of fused-ring (bicyclic) bond motifs is 9. The number of allylic oxidation sites excluding steroid dienone is 2. The van der Waals surface area contributed by atoms with Crippen LogP contribution in [0.25, 0.3) is 27.8 Å². The van der Waals surface area contributed by atoms with Crippen LogP contribution in [0.2, 0.25) is 0 Å². The molecule has 0 fully saturated rings. The van der Waals surface area contributed by atoms with Crippen molar-refractivity contribution in [3.05, 3.63) is 280 Å². The molecule has 0 heterocycles. The van der Waals surface area contributed by atoms with Gasteiger partial charge in [0.1, 0.15) is 5.84 Å². The van der Waals surface area contributed by atoms with E-state index in [1.165, 1.54) is 55.6 Å². The number of nitrogens with one attached hydrogen (secondary N) is 2. The number of hydrogen-bond donors (Lipinski definition) is 2. The molecule has 1 unspecified atom stereocenters. The van der Waals surface area contributed by atoms with E-state index < -0.39 is 10.8 Å². The molecular weight excluding hydrogens is 749 g/mol. The van der Waals surface area contributed by atoms with Crippen molar-refractivity contribution in [1.29, 1.82) is 5.41 Å². The largest absolute Gasteiger partial charge is 0.369 e. The van der Waals surface area contributed by atoms with Crippen LogP contribution in [0.3, 0.4) is 0 Å². The summed E-state index contributed by atoms with van der Waals surface area (Å²) in [6.07, 6.45) is 4.00. The quantitative estimate of drug-likeness (QED) is 0.0852. The van der Waals surface area contributed by atoms with Gasteiger partial charge >= 0.3 is 0 Å². The molecule has 0 radical (unpaired) electrons. The van der Waals surface area contributed by atoms with Gasteiger partial charge in [0, 0.05) is 22.9 Å². The first-order valence-electron chi connectivity index (χ1n) is 21.7. The van der Waals surface area contributed by atoms with Crippen LogP contribution < -0.4 is 5.32 Å². The molecule has 2 heteroatoms. The van der Waals surface area contributed by atoms with Crippen LogP contribution >= 0.6 is 0 Å². The Bertz CT molecular complexity index is 2990. The zero-order valence-corrected chi connectivity index (χ0v) is 35.6. The molecule has 8 aromatic rings. The highest BCUT2D eigenvalue weighted by molar-refractivity contribution is 5.97. The Morgan fingerprint density at radius 2 is 1.10 bits per heavy atom. The van der Waals surface area contributed by atoms with Crippen LogP contribution in [-0.4, -0.2) is 12.4 Å². The van der Waals surface area contributed by atoms with Crippen LogP contribution in [0, 0.1) is 5.41 Å². The summed E-state index contributed by atoms with van der Waals surface area (Å²) in [6.45, 7) is 11.7. The van der Waals surface area contributed by atoms with Gasteiger partial charge in [0.15, 0.2) is 0 Å². The normalized spacial score (nSPS) is 15.0. The summed E-state index contributed by atoms with van der Waals surface area (Å²) in [4.78, 5) is 0. The molecule has 0 saturated heterocycles. The third-order valence-electron chi connectivity index (χ3n) is 13.7. The van der Waals surface area contributed by atoms with E-state index in [0.29, 0.717) is 12.4 Å². The Balaban J connectivity index is 1.21. The molecule has 2 N–H and O–H groups in total. The molecule has 0 aliphatic heterocycles. The fourth-order valence-corrected chi connectivity index (χ4v) is 10.8. The maximum atomic E-state index is 9.22. The first kappa shape index (κ1) is 38.9. The van der Waals surface area contributed by atoms with Crippen LogP contribution in [0.4, 0.5) is 0 Å². The molecule has 1 spiro atoms. The van der Waals surface area contributed by atoms with Gasteiger partial charge in [-0.05, 0) is 90.4 Å². The summed E-state index contributed by atoms with van der Waals surface area (Å²) in [6, 6.07) is 72.8. The van der Waals surface area contributed by atoms with Crippen molar-refractivity contribution in [2.24, 2.45) is 0 Å². The fourth-order valence-electron chi connectivity index (χ4n) is 10.8. The van der Waals surface area contributed by atoms with Gasteiger partial charge in [-0.1, -0.05) is 233 Å². The number of benzene rings is 8. The minimum absolute atomic E-state index is 0.181. The van der Waals surface area contributed by atoms with Gasteiger partial charge in [0.25, 0.3) is 0 Å². The maximum absolute atomic E-state index is 9.22. The third-order valence-corrected chi connectivity index (χ3v) is 13.7. The van der Waals surface area contributed by atoms with E-state index in [1.807, 2.05) is 36.4 Å². The smallest absolute Gasteiger partial charge is 0.125 e. The summed E-state index contributed by atoms with van der Waals surface area (Å²) in [5.74, 6) is 0.397.